The third-order valence-electron chi connectivity index (χ3n) is 2.68. The second-order valence-corrected chi connectivity index (χ2v) is 6.63. The van der Waals surface area contributed by atoms with Crippen LogP contribution in [0.4, 0.5) is 0 Å². The zero-order valence-corrected chi connectivity index (χ0v) is 12.3. The van der Waals surface area contributed by atoms with Gasteiger partial charge >= 0.3 is 0 Å². The molecule has 102 valence electrons. The lowest BCUT2D eigenvalue weighted by Crippen LogP contribution is -2.27. The molecule has 2 N–H and O–H groups in total. The topological polar surface area (TPSA) is 58.2 Å². The van der Waals surface area contributed by atoms with Crippen LogP contribution in [0.1, 0.15) is 25.0 Å². The maximum absolute atomic E-state index is 12.1. The fourth-order valence-corrected chi connectivity index (χ4v) is 2.82. The molecule has 4 nitrogen and oxygen atoms in total. The van der Waals surface area contributed by atoms with Crippen molar-refractivity contribution < 1.29 is 8.42 Å². The van der Waals surface area contributed by atoms with Crippen molar-refractivity contribution in [2.45, 2.75) is 32.2 Å². The first kappa shape index (κ1) is 15.1. The van der Waals surface area contributed by atoms with Crippen molar-refractivity contribution >= 4 is 10.0 Å². The summed E-state index contributed by atoms with van der Waals surface area (Å²) in [4.78, 5) is 0.332. The van der Waals surface area contributed by atoms with Crippen LogP contribution in [0.3, 0.4) is 0 Å². The summed E-state index contributed by atoms with van der Waals surface area (Å²) in [6.07, 6.45) is 0. The Kier molecular flexibility index (Phi) is 5.31. The molecular weight excluding hydrogens is 248 g/mol. The van der Waals surface area contributed by atoms with Crippen LogP contribution in [-0.2, 0) is 16.6 Å². The minimum Gasteiger partial charge on any atom is -0.316 e. The number of nitrogens with one attached hydrogen (secondary N) is 2. The zero-order chi connectivity index (χ0) is 13.8. The largest absolute Gasteiger partial charge is 0.316 e. The van der Waals surface area contributed by atoms with E-state index in [-0.39, 0.29) is 0 Å². The molecule has 1 rings (SSSR count). The average molecular weight is 270 g/mol. The summed E-state index contributed by atoms with van der Waals surface area (Å²) < 4.78 is 26.8. The molecule has 0 aliphatic heterocycles. The Labute approximate surface area is 110 Å². The summed E-state index contributed by atoms with van der Waals surface area (Å²) in [5.74, 6) is 0.294. The van der Waals surface area contributed by atoms with Crippen LogP contribution in [0.2, 0.25) is 0 Å². The molecule has 0 atom stereocenters. The Morgan fingerprint density at radius 2 is 1.94 bits per heavy atom. The van der Waals surface area contributed by atoms with Gasteiger partial charge in [0.15, 0.2) is 0 Å². The molecule has 1 aromatic carbocycles. The van der Waals surface area contributed by atoms with Crippen LogP contribution in [-0.4, -0.2) is 22.0 Å². The minimum absolute atomic E-state index is 0.294. The molecule has 0 unspecified atom stereocenters. The molecule has 0 heterocycles. The van der Waals surface area contributed by atoms with Gasteiger partial charge in [-0.3, -0.25) is 0 Å². The van der Waals surface area contributed by atoms with Crippen LogP contribution < -0.4 is 10.0 Å². The van der Waals surface area contributed by atoms with Gasteiger partial charge in [-0.1, -0.05) is 19.9 Å². The summed E-state index contributed by atoms with van der Waals surface area (Å²) in [5, 5.41) is 3.04. The van der Waals surface area contributed by atoms with Gasteiger partial charge in [0.1, 0.15) is 0 Å². The van der Waals surface area contributed by atoms with Gasteiger partial charge in [0.05, 0.1) is 4.90 Å². The molecule has 0 radical (unpaired) electrons. The van der Waals surface area contributed by atoms with Gasteiger partial charge in [-0.05, 0) is 43.1 Å². The second kappa shape index (κ2) is 6.31. The third kappa shape index (κ3) is 4.08. The van der Waals surface area contributed by atoms with E-state index in [1.54, 1.807) is 12.1 Å². The van der Waals surface area contributed by atoms with Gasteiger partial charge in [0, 0.05) is 13.1 Å². The van der Waals surface area contributed by atoms with E-state index < -0.39 is 10.0 Å². The standard InChI is InChI=1S/C13H22N2O2S/c1-10(2)8-15-18(16,17)13-6-5-11(3)12(7-13)9-14-4/h5-7,10,14-15H,8-9H2,1-4H3. The Balaban J connectivity index is 2.98. The highest BCUT2D eigenvalue weighted by Crippen LogP contribution is 2.15. The number of sulfonamides is 1. The molecule has 18 heavy (non-hydrogen) atoms. The highest BCUT2D eigenvalue weighted by molar-refractivity contribution is 7.89. The van der Waals surface area contributed by atoms with E-state index in [1.807, 2.05) is 33.9 Å². The quantitative estimate of drug-likeness (QED) is 0.826. The molecule has 0 bridgehead atoms. The first-order valence-corrected chi connectivity index (χ1v) is 7.59. The van der Waals surface area contributed by atoms with Crippen molar-refractivity contribution in [3.8, 4) is 0 Å². The van der Waals surface area contributed by atoms with E-state index in [1.165, 1.54) is 0 Å². The predicted octanol–water partition coefficient (Wildman–Crippen LogP) is 1.65. The van der Waals surface area contributed by atoms with E-state index in [2.05, 4.69) is 10.0 Å². The number of hydrogen-bond donors (Lipinski definition) is 2. The molecule has 1 aromatic rings. The van der Waals surface area contributed by atoms with E-state index in [0.717, 1.165) is 11.1 Å². The lowest BCUT2D eigenvalue weighted by Gasteiger charge is -2.11. The highest BCUT2D eigenvalue weighted by atomic mass is 32.2. The maximum atomic E-state index is 12.1. The van der Waals surface area contributed by atoms with Gasteiger partial charge in [-0.25, -0.2) is 13.1 Å². The Bertz CT molecular complexity index is 496. The second-order valence-electron chi connectivity index (χ2n) is 4.86. The molecule has 0 saturated carbocycles. The molecule has 0 saturated heterocycles. The third-order valence-corrected chi connectivity index (χ3v) is 4.10. The first-order valence-electron chi connectivity index (χ1n) is 6.10. The van der Waals surface area contributed by atoms with Crippen molar-refractivity contribution in [1.82, 2.24) is 10.0 Å². The minimum atomic E-state index is -3.39. The van der Waals surface area contributed by atoms with Gasteiger partial charge in [0.2, 0.25) is 10.0 Å². The SMILES string of the molecule is CNCc1cc(S(=O)(=O)NCC(C)C)ccc1C. The molecular formula is C13H22N2O2S. The summed E-state index contributed by atoms with van der Waals surface area (Å²) in [5.41, 5.74) is 2.09. The van der Waals surface area contributed by atoms with Crippen molar-refractivity contribution in [2.24, 2.45) is 5.92 Å². The van der Waals surface area contributed by atoms with Gasteiger partial charge in [-0.2, -0.15) is 0 Å². The smallest absolute Gasteiger partial charge is 0.240 e. The molecule has 0 fully saturated rings. The zero-order valence-electron chi connectivity index (χ0n) is 11.4. The highest BCUT2D eigenvalue weighted by Gasteiger charge is 2.15. The Morgan fingerprint density at radius 3 is 2.50 bits per heavy atom. The molecule has 0 aromatic heterocycles. The van der Waals surface area contributed by atoms with E-state index in [9.17, 15) is 8.42 Å². The summed E-state index contributed by atoms with van der Waals surface area (Å²) in [6.45, 7) is 7.05. The van der Waals surface area contributed by atoms with Gasteiger partial charge in [-0.15, -0.1) is 0 Å². The van der Waals surface area contributed by atoms with Gasteiger partial charge < -0.3 is 5.32 Å². The van der Waals surface area contributed by atoms with Crippen LogP contribution in [0.5, 0.6) is 0 Å². The lowest BCUT2D eigenvalue weighted by atomic mass is 10.1. The summed E-state index contributed by atoms with van der Waals surface area (Å²) >= 11 is 0. The molecule has 5 heteroatoms. The average Bonchev–Trinajstić information content (AvgIpc) is 2.29. The fourth-order valence-electron chi connectivity index (χ4n) is 1.56. The monoisotopic (exact) mass is 270 g/mol. The molecule has 0 aliphatic rings. The van der Waals surface area contributed by atoms with Gasteiger partial charge in [0.25, 0.3) is 0 Å². The van der Waals surface area contributed by atoms with E-state index in [0.29, 0.717) is 23.9 Å². The number of benzene rings is 1. The van der Waals surface area contributed by atoms with Crippen LogP contribution >= 0.6 is 0 Å². The summed E-state index contributed by atoms with van der Waals surface area (Å²) in [6, 6.07) is 5.22. The normalized spacial score (nSPS) is 12.1. The van der Waals surface area contributed by atoms with Crippen molar-refractivity contribution in [3.05, 3.63) is 29.3 Å². The molecule has 0 aliphatic carbocycles. The Hall–Kier alpha value is -0.910. The molecule has 0 amide bonds. The van der Waals surface area contributed by atoms with Crippen molar-refractivity contribution in [1.29, 1.82) is 0 Å². The predicted molar refractivity (Wildman–Crippen MR) is 74.0 cm³/mol. The van der Waals surface area contributed by atoms with Crippen molar-refractivity contribution in [3.63, 3.8) is 0 Å². The lowest BCUT2D eigenvalue weighted by molar-refractivity contribution is 0.560. The number of rotatable bonds is 6. The Morgan fingerprint density at radius 1 is 1.28 bits per heavy atom. The summed E-state index contributed by atoms with van der Waals surface area (Å²) in [7, 11) is -1.55. The fraction of sp³-hybridized carbons (Fsp3) is 0.538. The van der Waals surface area contributed by atoms with Crippen LogP contribution in [0.25, 0.3) is 0 Å². The van der Waals surface area contributed by atoms with E-state index >= 15 is 0 Å². The number of hydrogen-bond acceptors (Lipinski definition) is 3. The maximum Gasteiger partial charge on any atom is 0.240 e. The van der Waals surface area contributed by atoms with Crippen molar-refractivity contribution in [2.75, 3.05) is 13.6 Å². The molecule has 0 spiro atoms. The number of aryl methyl sites for hydroxylation is 1. The van der Waals surface area contributed by atoms with Crippen LogP contribution in [0, 0.1) is 12.8 Å². The van der Waals surface area contributed by atoms with Crippen LogP contribution in [0.15, 0.2) is 23.1 Å². The van der Waals surface area contributed by atoms with E-state index in [4.69, 9.17) is 0 Å². The first-order chi connectivity index (χ1) is 8.36.